The summed E-state index contributed by atoms with van der Waals surface area (Å²) in [5.74, 6) is -0.753. The number of halogens is 1. The fourth-order valence-corrected chi connectivity index (χ4v) is 4.74. The number of carbonyl (C=O) groups is 2. The summed E-state index contributed by atoms with van der Waals surface area (Å²) in [5, 5.41) is 12.2. The van der Waals surface area contributed by atoms with Gasteiger partial charge in [-0.05, 0) is 72.6 Å². The maximum absolute atomic E-state index is 13.8. The number of benzene rings is 3. The summed E-state index contributed by atoms with van der Waals surface area (Å²) in [6.07, 6.45) is -0.145. The van der Waals surface area contributed by atoms with Crippen molar-refractivity contribution in [3.05, 3.63) is 77.3 Å². The Bertz CT molecular complexity index is 1280. The Balaban J connectivity index is 1.52. The molecule has 2 heterocycles. The monoisotopic (exact) mass is 508 g/mol. The molecule has 2 saturated heterocycles. The lowest BCUT2D eigenvalue weighted by Crippen LogP contribution is -2.37. The lowest BCUT2D eigenvalue weighted by atomic mass is 9.90. The van der Waals surface area contributed by atoms with Gasteiger partial charge in [0, 0.05) is 5.02 Å². The average Bonchev–Trinajstić information content (AvgIpc) is 3.39. The van der Waals surface area contributed by atoms with Crippen LogP contribution in [0.5, 0.6) is 17.2 Å². The summed E-state index contributed by atoms with van der Waals surface area (Å²) < 4.78 is 10.9. The Hall–Kier alpha value is -3.75. The first-order valence-electron chi connectivity index (χ1n) is 11.6. The maximum atomic E-state index is 13.8. The second kappa shape index (κ2) is 9.72. The van der Waals surface area contributed by atoms with Gasteiger partial charge in [-0.2, -0.15) is 0 Å². The van der Waals surface area contributed by atoms with Gasteiger partial charge >= 0.3 is 0 Å². The van der Waals surface area contributed by atoms with Crippen LogP contribution in [0.15, 0.2) is 66.7 Å². The number of phenolic OH excluding ortho intramolecular Hbond substituents is 1. The van der Waals surface area contributed by atoms with Gasteiger partial charge < -0.3 is 14.6 Å². The van der Waals surface area contributed by atoms with E-state index in [1.807, 2.05) is 6.92 Å². The molecule has 3 aromatic carbocycles. The molecule has 0 radical (unpaired) electrons. The molecule has 8 nitrogen and oxygen atoms in total. The zero-order valence-corrected chi connectivity index (χ0v) is 20.5. The first-order chi connectivity index (χ1) is 17.4. The van der Waals surface area contributed by atoms with Gasteiger partial charge in [-0.1, -0.05) is 24.6 Å². The maximum Gasteiger partial charge on any atom is 0.266 e. The van der Waals surface area contributed by atoms with Crippen LogP contribution in [0.3, 0.4) is 0 Å². The van der Waals surface area contributed by atoms with E-state index in [0.29, 0.717) is 34.3 Å². The Labute approximate surface area is 213 Å². The van der Waals surface area contributed by atoms with Crippen molar-refractivity contribution in [2.45, 2.75) is 25.5 Å². The number of phenols is 1. The fraction of sp³-hybridized carbons (Fsp3) is 0.259. The molecule has 3 atom stereocenters. The molecule has 2 aliphatic rings. The molecule has 3 aromatic rings. The second-order valence-electron chi connectivity index (χ2n) is 8.58. The van der Waals surface area contributed by atoms with Crippen LogP contribution >= 0.6 is 11.6 Å². The number of methoxy groups -OCH3 is 1. The normalized spacial score (nSPS) is 21.1. The number of hydrogen-bond donors (Lipinski definition) is 1. The van der Waals surface area contributed by atoms with E-state index in [4.69, 9.17) is 25.9 Å². The molecule has 2 amide bonds. The minimum Gasteiger partial charge on any atom is -0.504 e. The van der Waals surface area contributed by atoms with E-state index in [-0.39, 0.29) is 17.4 Å². The summed E-state index contributed by atoms with van der Waals surface area (Å²) in [6.45, 7) is 2.60. The van der Waals surface area contributed by atoms with Crippen molar-refractivity contribution in [1.29, 1.82) is 0 Å². The third kappa shape index (κ3) is 4.12. The quantitative estimate of drug-likeness (QED) is 0.454. The molecule has 1 N–H and O–H groups in total. The lowest BCUT2D eigenvalue weighted by molar-refractivity contribution is -0.126. The number of aromatic hydroxyl groups is 1. The molecule has 0 unspecified atom stereocenters. The highest BCUT2D eigenvalue weighted by molar-refractivity contribution is 6.30. The number of nitrogens with zero attached hydrogens (tertiary/aromatic N) is 2. The Morgan fingerprint density at radius 3 is 2.33 bits per heavy atom. The van der Waals surface area contributed by atoms with Crippen LogP contribution in [0.1, 0.15) is 24.9 Å². The summed E-state index contributed by atoms with van der Waals surface area (Å²) >= 11 is 6.07. The Morgan fingerprint density at radius 2 is 1.67 bits per heavy atom. The summed E-state index contributed by atoms with van der Waals surface area (Å²) in [6, 6.07) is 18.0. The number of amides is 2. The van der Waals surface area contributed by atoms with Crippen molar-refractivity contribution < 1.29 is 29.0 Å². The number of carbonyl (C=O) groups excluding carboxylic acids is 2. The summed E-state index contributed by atoms with van der Waals surface area (Å²) in [5.41, 5.74) is 1.74. The molecule has 0 saturated carbocycles. The Kier molecular flexibility index (Phi) is 6.47. The van der Waals surface area contributed by atoms with Gasteiger partial charge in [0.2, 0.25) is 5.91 Å². The molecule has 36 heavy (non-hydrogen) atoms. The zero-order valence-electron chi connectivity index (χ0n) is 19.8. The highest BCUT2D eigenvalue weighted by Crippen LogP contribution is 2.48. The highest BCUT2D eigenvalue weighted by atomic mass is 35.5. The van der Waals surface area contributed by atoms with Crippen molar-refractivity contribution in [2.24, 2.45) is 5.92 Å². The first-order valence-corrected chi connectivity index (χ1v) is 12.0. The molecule has 9 heteroatoms. The molecule has 2 aliphatic heterocycles. The van der Waals surface area contributed by atoms with Crippen molar-refractivity contribution in [3.63, 3.8) is 0 Å². The molecule has 0 aromatic heterocycles. The van der Waals surface area contributed by atoms with Crippen LogP contribution < -0.4 is 19.4 Å². The minimum atomic E-state index is -1.02. The molecular formula is C27H25ClN2O6. The van der Waals surface area contributed by atoms with E-state index < -0.39 is 24.0 Å². The van der Waals surface area contributed by atoms with E-state index in [9.17, 15) is 14.7 Å². The minimum absolute atomic E-state index is 0.0319. The number of rotatable bonds is 7. The van der Waals surface area contributed by atoms with Gasteiger partial charge in [0.05, 0.1) is 31.1 Å². The lowest BCUT2D eigenvalue weighted by Gasteiger charge is -2.29. The molecule has 2 fully saturated rings. The van der Waals surface area contributed by atoms with Gasteiger partial charge in [0.25, 0.3) is 5.91 Å². The van der Waals surface area contributed by atoms with Crippen molar-refractivity contribution in [2.75, 3.05) is 23.7 Å². The topological polar surface area (TPSA) is 88.5 Å². The van der Waals surface area contributed by atoms with Crippen LogP contribution in [-0.4, -0.2) is 36.7 Å². The van der Waals surface area contributed by atoms with Crippen molar-refractivity contribution in [3.8, 4) is 17.2 Å². The van der Waals surface area contributed by atoms with E-state index in [0.717, 1.165) is 6.42 Å². The fourth-order valence-electron chi connectivity index (χ4n) is 4.61. The number of ether oxygens (including phenoxy) is 2. The second-order valence-corrected chi connectivity index (χ2v) is 9.02. The summed E-state index contributed by atoms with van der Waals surface area (Å²) in [7, 11) is 1.45. The highest BCUT2D eigenvalue weighted by Gasteiger charge is 2.60. The molecule has 0 spiro atoms. The van der Waals surface area contributed by atoms with Crippen LogP contribution in [0.25, 0.3) is 0 Å². The van der Waals surface area contributed by atoms with Gasteiger partial charge in [0.15, 0.2) is 17.6 Å². The van der Waals surface area contributed by atoms with E-state index >= 15 is 0 Å². The standard InChI is InChI=1S/C27H25ClN2O6/c1-3-14-35-20-11-9-18(10-12-20)29-26(32)23-24(16-4-13-21(31)22(15-16)34-2)30(36-25(23)27(29)33)19-7-5-17(28)6-8-19/h4-13,15,23-25,31H,3,14H2,1-2H3/t23-,24+,25-/m1/s1. The van der Waals surface area contributed by atoms with Crippen LogP contribution in [0.2, 0.25) is 5.02 Å². The van der Waals surface area contributed by atoms with Crippen LogP contribution in [0, 0.1) is 5.92 Å². The average molecular weight is 509 g/mol. The SMILES string of the molecule is CCCOc1ccc(N2C(=O)[C@H]3[C@@H](ON(c4ccc(Cl)cc4)[C@H]3c3ccc(O)c(OC)c3)C2=O)cc1. The molecule has 0 aliphatic carbocycles. The van der Waals surface area contributed by atoms with Gasteiger partial charge in [-0.15, -0.1) is 0 Å². The molecule has 5 rings (SSSR count). The largest absolute Gasteiger partial charge is 0.504 e. The third-order valence-corrected chi connectivity index (χ3v) is 6.56. The number of imide groups is 1. The van der Waals surface area contributed by atoms with Crippen molar-refractivity contribution in [1.82, 2.24) is 0 Å². The van der Waals surface area contributed by atoms with E-state index in [2.05, 4.69) is 0 Å². The van der Waals surface area contributed by atoms with Gasteiger partial charge in [-0.25, -0.2) is 9.96 Å². The summed E-state index contributed by atoms with van der Waals surface area (Å²) in [4.78, 5) is 34.5. The number of anilines is 2. The van der Waals surface area contributed by atoms with E-state index in [1.165, 1.54) is 18.1 Å². The van der Waals surface area contributed by atoms with Crippen molar-refractivity contribution >= 4 is 34.8 Å². The number of hydroxylamine groups is 1. The Morgan fingerprint density at radius 1 is 0.972 bits per heavy atom. The molecule has 0 bridgehead atoms. The van der Waals surface area contributed by atoms with E-state index in [1.54, 1.807) is 65.7 Å². The smallest absolute Gasteiger partial charge is 0.266 e. The van der Waals surface area contributed by atoms with Crippen LogP contribution in [-0.2, 0) is 14.4 Å². The number of fused-ring (bicyclic) bond motifs is 1. The zero-order chi connectivity index (χ0) is 25.4. The predicted molar refractivity (Wildman–Crippen MR) is 134 cm³/mol. The van der Waals surface area contributed by atoms with Gasteiger partial charge in [0.1, 0.15) is 11.7 Å². The first kappa shape index (κ1) is 24.0. The van der Waals surface area contributed by atoms with Gasteiger partial charge in [-0.3, -0.25) is 14.4 Å². The number of hydrogen-bond acceptors (Lipinski definition) is 7. The predicted octanol–water partition coefficient (Wildman–Crippen LogP) is 4.89. The third-order valence-electron chi connectivity index (χ3n) is 6.31. The van der Waals surface area contributed by atoms with Crippen LogP contribution in [0.4, 0.5) is 11.4 Å². The molecule has 186 valence electrons. The molecular weight excluding hydrogens is 484 g/mol.